The molecule has 0 unspecified atom stereocenters. The number of aryl methyl sites for hydroxylation is 1. The Labute approximate surface area is 94.7 Å². The molecule has 0 fully saturated rings. The summed E-state index contributed by atoms with van der Waals surface area (Å²) >= 11 is 0. The molecule has 0 saturated heterocycles. The first kappa shape index (κ1) is 9.71. The van der Waals surface area contributed by atoms with Crippen molar-refractivity contribution in [1.29, 1.82) is 0 Å². The summed E-state index contributed by atoms with van der Waals surface area (Å²) in [4.78, 5) is 15.3. The van der Waals surface area contributed by atoms with E-state index in [9.17, 15) is 9.90 Å². The zero-order chi connectivity index (χ0) is 12.2. The van der Waals surface area contributed by atoms with E-state index in [0.717, 1.165) is 0 Å². The molecular formula is C11H8N2O4. The van der Waals surface area contributed by atoms with Crippen LogP contribution in [0.15, 0.2) is 22.6 Å². The van der Waals surface area contributed by atoms with Crippen LogP contribution in [0.25, 0.3) is 16.9 Å². The summed E-state index contributed by atoms with van der Waals surface area (Å²) < 4.78 is 6.66. The summed E-state index contributed by atoms with van der Waals surface area (Å²) in [5.74, 6) is -0.552. The lowest BCUT2D eigenvalue weighted by Gasteiger charge is -1.95. The number of hydrogen-bond acceptors (Lipinski definition) is 4. The number of phenols is 1. The Bertz CT molecular complexity index is 754. The first-order valence-corrected chi connectivity index (χ1v) is 4.92. The van der Waals surface area contributed by atoms with Crippen LogP contribution in [0.4, 0.5) is 0 Å². The van der Waals surface area contributed by atoms with Crippen LogP contribution in [-0.4, -0.2) is 25.6 Å². The van der Waals surface area contributed by atoms with Gasteiger partial charge in [0.2, 0.25) is 0 Å². The number of benzene rings is 1. The maximum absolute atomic E-state index is 11.2. The highest BCUT2D eigenvalue weighted by Gasteiger charge is 2.21. The Kier molecular flexibility index (Phi) is 1.72. The van der Waals surface area contributed by atoms with Crippen molar-refractivity contribution in [3.63, 3.8) is 0 Å². The third-order valence-corrected chi connectivity index (χ3v) is 2.61. The van der Waals surface area contributed by atoms with Crippen molar-refractivity contribution in [2.75, 3.05) is 0 Å². The van der Waals surface area contributed by atoms with Gasteiger partial charge in [-0.15, -0.1) is 0 Å². The number of oxazole rings is 1. The summed E-state index contributed by atoms with van der Waals surface area (Å²) in [7, 11) is 0. The largest absolute Gasteiger partial charge is 0.508 e. The first-order valence-electron chi connectivity index (χ1n) is 4.92. The number of aromatic nitrogens is 2. The van der Waals surface area contributed by atoms with E-state index in [2.05, 4.69) is 4.98 Å². The number of carbonyl (C=O) groups is 1. The van der Waals surface area contributed by atoms with Crippen molar-refractivity contribution in [3.8, 4) is 5.75 Å². The molecule has 2 aromatic heterocycles. The second kappa shape index (κ2) is 3.00. The van der Waals surface area contributed by atoms with E-state index in [-0.39, 0.29) is 23.0 Å². The molecule has 0 radical (unpaired) electrons. The molecule has 0 atom stereocenters. The fourth-order valence-electron chi connectivity index (χ4n) is 1.92. The third-order valence-electron chi connectivity index (χ3n) is 2.61. The molecule has 2 N–H and O–H groups in total. The van der Waals surface area contributed by atoms with Crippen molar-refractivity contribution in [2.24, 2.45) is 0 Å². The summed E-state index contributed by atoms with van der Waals surface area (Å²) in [6, 6.07) is 4.55. The zero-order valence-electron chi connectivity index (χ0n) is 8.84. The van der Waals surface area contributed by atoms with Crippen molar-refractivity contribution in [3.05, 3.63) is 29.7 Å². The fraction of sp³-hybridized carbons (Fsp3) is 0.0909. The van der Waals surface area contributed by atoms with Gasteiger partial charge in [-0.05, 0) is 19.1 Å². The van der Waals surface area contributed by atoms with Gasteiger partial charge in [-0.1, -0.05) is 0 Å². The molecule has 1 aromatic carbocycles. The lowest BCUT2D eigenvalue weighted by atomic mass is 10.3. The Balaban J connectivity index is 2.55. The lowest BCUT2D eigenvalue weighted by Crippen LogP contribution is -2.02. The average molecular weight is 232 g/mol. The van der Waals surface area contributed by atoms with Crippen LogP contribution in [0, 0.1) is 6.92 Å². The molecule has 17 heavy (non-hydrogen) atoms. The highest BCUT2D eigenvalue weighted by Crippen LogP contribution is 2.25. The van der Waals surface area contributed by atoms with Gasteiger partial charge >= 0.3 is 11.8 Å². The topological polar surface area (TPSA) is 88.0 Å². The van der Waals surface area contributed by atoms with E-state index in [0.29, 0.717) is 11.0 Å². The predicted octanol–water partition coefficient (Wildman–Crippen LogP) is 1.79. The van der Waals surface area contributed by atoms with Crippen LogP contribution < -0.4 is 0 Å². The fourth-order valence-corrected chi connectivity index (χ4v) is 1.92. The first-order chi connectivity index (χ1) is 8.08. The van der Waals surface area contributed by atoms with Crippen molar-refractivity contribution < 1.29 is 19.4 Å². The highest BCUT2D eigenvalue weighted by atomic mass is 16.4. The number of carboxylic acids is 1. The van der Waals surface area contributed by atoms with E-state index >= 15 is 0 Å². The van der Waals surface area contributed by atoms with E-state index in [4.69, 9.17) is 9.52 Å². The number of rotatable bonds is 1. The quantitative estimate of drug-likeness (QED) is 0.667. The standard InChI is InChI=1S/C11H8N2O4/c1-5-9(10(15)16)13-8-4-6(14)2-3-7(8)12-11(13)17-5/h2-4,14H,1H3,(H,15,16). The number of hydrogen-bond donors (Lipinski definition) is 2. The van der Waals surface area contributed by atoms with Gasteiger partial charge in [0.1, 0.15) is 11.5 Å². The minimum atomic E-state index is -1.09. The van der Waals surface area contributed by atoms with E-state index in [1.165, 1.54) is 16.5 Å². The minimum Gasteiger partial charge on any atom is -0.508 e. The minimum absolute atomic E-state index is 0.0214. The predicted molar refractivity (Wildman–Crippen MR) is 58.3 cm³/mol. The van der Waals surface area contributed by atoms with Crippen LogP contribution in [-0.2, 0) is 0 Å². The third kappa shape index (κ3) is 1.20. The van der Waals surface area contributed by atoms with Crippen LogP contribution >= 0.6 is 0 Å². The molecule has 2 heterocycles. The number of carboxylic acid groups (broad SMARTS) is 1. The van der Waals surface area contributed by atoms with Crippen molar-refractivity contribution >= 4 is 22.8 Å². The summed E-state index contributed by atoms with van der Waals surface area (Å²) in [6.45, 7) is 1.56. The lowest BCUT2D eigenvalue weighted by molar-refractivity contribution is 0.0688. The van der Waals surface area contributed by atoms with E-state index < -0.39 is 5.97 Å². The normalized spacial score (nSPS) is 11.4. The van der Waals surface area contributed by atoms with Crippen LogP contribution in [0.1, 0.15) is 16.2 Å². The SMILES string of the molecule is Cc1oc2nc3ccc(O)cc3n2c1C(=O)O. The van der Waals surface area contributed by atoms with Gasteiger partial charge in [-0.3, -0.25) is 4.40 Å². The van der Waals surface area contributed by atoms with Gasteiger partial charge in [0.15, 0.2) is 5.69 Å². The van der Waals surface area contributed by atoms with Gasteiger partial charge in [0, 0.05) is 6.07 Å². The Morgan fingerprint density at radius 2 is 2.24 bits per heavy atom. The van der Waals surface area contributed by atoms with Crippen LogP contribution in [0.2, 0.25) is 0 Å². The van der Waals surface area contributed by atoms with E-state index in [1.807, 2.05) is 0 Å². The molecule has 0 saturated carbocycles. The molecule has 0 bridgehead atoms. The van der Waals surface area contributed by atoms with Gasteiger partial charge in [-0.2, -0.15) is 4.98 Å². The van der Waals surface area contributed by atoms with Gasteiger partial charge < -0.3 is 14.6 Å². The van der Waals surface area contributed by atoms with Crippen LogP contribution in [0.3, 0.4) is 0 Å². The molecular weight excluding hydrogens is 224 g/mol. The Morgan fingerprint density at radius 3 is 2.94 bits per heavy atom. The maximum atomic E-state index is 11.2. The molecule has 6 nitrogen and oxygen atoms in total. The van der Waals surface area contributed by atoms with Gasteiger partial charge in [0.25, 0.3) is 0 Å². The molecule has 0 aliphatic carbocycles. The number of fused-ring (bicyclic) bond motifs is 3. The molecule has 0 spiro atoms. The second-order valence-corrected chi connectivity index (χ2v) is 3.71. The zero-order valence-corrected chi connectivity index (χ0v) is 8.84. The molecule has 0 aliphatic heterocycles. The Hall–Kier alpha value is -2.50. The van der Waals surface area contributed by atoms with Gasteiger partial charge in [-0.25, -0.2) is 4.79 Å². The summed E-state index contributed by atoms with van der Waals surface area (Å²) in [6.07, 6.45) is 0. The highest BCUT2D eigenvalue weighted by molar-refractivity contribution is 5.91. The van der Waals surface area contributed by atoms with Crippen molar-refractivity contribution in [2.45, 2.75) is 6.92 Å². The van der Waals surface area contributed by atoms with E-state index in [1.54, 1.807) is 13.0 Å². The molecule has 86 valence electrons. The van der Waals surface area contributed by atoms with Crippen LogP contribution in [0.5, 0.6) is 5.75 Å². The summed E-state index contributed by atoms with van der Waals surface area (Å²) in [5, 5.41) is 18.6. The summed E-state index contributed by atoms with van der Waals surface area (Å²) in [5.41, 5.74) is 1.10. The van der Waals surface area contributed by atoms with Gasteiger partial charge in [0.05, 0.1) is 11.0 Å². The number of aromatic hydroxyl groups is 1. The number of nitrogens with zero attached hydrogens (tertiary/aromatic N) is 2. The average Bonchev–Trinajstić information content (AvgIpc) is 2.72. The molecule has 0 aliphatic rings. The maximum Gasteiger partial charge on any atom is 0.356 e. The molecule has 6 heteroatoms. The molecule has 0 amide bonds. The number of phenolic OH excluding ortho intramolecular Hbond substituents is 1. The Morgan fingerprint density at radius 1 is 1.47 bits per heavy atom. The molecule has 3 aromatic rings. The number of imidazole rings is 1. The smallest absolute Gasteiger partial charge is 0.356 e. The number of aromatic carboxylic acids is 1. The van der Waals surface area contributed by atoms with Crippen molar-refractivity contribution in [1.82, 2.24) is 9.38 Å². The second-order valence-electron chi connectivity index (χ2n) is 3.71. The molecule has 3 rings (SSSR count). The monoisotopic (exact) mass is 232 g/mol.